The Morgan fingerprint density at radius 3 is 3.11 bits per heavy atom. The molecule has 0 fully saturated rings. The second-order valence-electron chi connectivity index (χ2n) is 4.99. The van der Waals surface area contributed by atoms with Crippen molar-refractivity contribution in [1.29, 1.82) is 0 Å². The summed E-state index contributed by atoms with van der Waals surface area (Å²) in [5, 5.41) is 10.5. The second-order valence-corrected chi connectivity index (χ2v) is 6.16. The number of rotatable bonds is 4. The molecule has 2 aromatic rings. The molecule has 3 rings (SSSR count). The first-order chi connectivity index (χ1) is 8.83. The summed E-state index contributed by atoms with van der Waals surface area (Å²) in [6, 6.07) is 4.84. The molecule has 3 nitrogen and oxygen atoms in total. The van der Waals surface area contributed by atoms with Gasteiger partial charge in [0.05, 0.1) is 0 Å². The van der Waals surface area contributed by atoms with Crippen LogP contribution < -0.4 is 5.32 Å². The first-order valence-corrected chi connectivity index (χ1v) is 7.47. The van der Waals surface area contributed by atoms with E-state index in [1.807, 2.05) is 17.4 Å². The van der Waals surface area contributed by atoms with Crippen LogP contribution in [-0.4, -0.2) is 10.2 Å². The number of nitrogens with zero attached hydrogens (tertiary/aromatic N) is 1. The molecule has 1 atom stereocenters. The van der Waals surface area contributed by atoms with Crippen LogP contribution in [0.3, 0.4) is 0 Å². The van der Waals surface area contributed by atoms with E-state index in [2.05, 4.69) is 28.5 Å². The SMILES string of the molecule is CC(NCc1ccn[nH]1)c1cc2c(s1)CCCC2. The maximum absolute atomic E-state index is 3.96. The minimum atomic E-state index is 0.420. The summed E-state index contributed by atoms with van der Waals surface area (Å²) >= 11 is 1.99. The topological polar surface area (TPSA) is 40.7 Å². The Balaban J connectivity index is 1.64. The molecule has 0 aromatic carbocycles. The van der Waals surface area contributed by atoms with Crippen LogP contribution >= 0.6 is 11.3 Å². The van der Waals surface area contributed by atoms with Gasteiger partial charge < -0.3 is 5.32 Å². The van der Waals surface area contributed by atoms with Crippen molar-refractivity contribution in [2.45, 2.75) is 45.2 Å². The summed E-state index contributed by atoms with van der Waals surface area (Å²) in [6.07, 6.45) is 7.08. The van der Waals surface area contributed by atoms with Gasteiger partial charge in [0.25, 0.3) is 0 Å². The van der Waals surface area contributed by atoms with Gasteiger partial charge in [-0.2, -0.15) is 5.10 Å². The minimum Gasteiger partial charge on any atom is -0.304 e. The van der Waals surface area contributed by atoms with Crippen LogP contribution in [0.1, 0.15) is 46.8 Å². The summed E-state index contributed by atoms with van der Waals surface area (Å²) in [5.74, 6) is 0. The molecule has 1 aliphatic rings. The molecule has 2 aromatic heterocycles. The van der Waals surface area contributed by atoms with E-state index < -0.39 is 0 Å². The normalized spacial score (nSPS) is 16.5. The Labute approximate surface area is 112 Å². The fourth-order valence-corrected chi connectivity index (χ4v) is 3.76. The molecule has 0 radical (unpaired) electrons. The number of hydrogen-bond acceptors (Lipinski definition) is 3. The zero-order valence-electron chi connectivity index (χ0n) is 10.7. The quantitative estimate of drug-likeness (QED) is 0.887. The molecule has 2 N–H and O–H groups in total. The van der Waals surface area contributed by atoms with Crippen LogP contribution in [0.4, 0.5) is 0 Å². The molecule has 0 bridgehead atoms. The first kappa shape index (κ1) is 11.9. The van der Waals surface area contributed by atoms with Crippen LogP contribution in [0.15, 0.2) is 18.3 Å². The van der Waals surface area contributed by atoms with Gasteiger partial charge in [-0.15, -0.1) is 11.3 Å². The summed E-state index contributed by atoms with van der Waals surface area (Å²) in [4.78, 5) is 3.09. The fraction of sp³-hybridized carbons (Fsp3) is 0.500. The van der Waals surface area contributed by atoms with Crippen molar-refractivity contribution in [3.05, 3.63) is 39.3 Å². The number of aryl methyl sites for hydroxylation is 2. The monoisotopic (exact) mass is 261 g/mol. The van der Waals surface area contributed by atoms with Gasteiger partial charge in [0.1, 0.15) is 0 Å². The standard InChI is InChI=1S/C14H19N3S/c1-10(15-9-12-6-7-16-17-12)14-8-11-4-2-3-5-13(11)18-14/h6-8,10,15H,2-5,9H2,1H3,(H,16,17). The van der Waals surface area contributed by atoms with Crippen LogP contribution in [0, 0.1) is 0 Å². The molecule has 0 aliphatic heterocycles. The molecule has 0 spiro atoms. The number of thiophene rings is 1. The number of hydrogen-bond donors (Lipinski definition) is 2. The Kier molecular flexibility index (Phi) is 3.48. The summed E-state index contributed by atoms with van der Waals surface area (Å²) in [5.41, 5.74) is 2.74. The van der Waals surface area contributed by atoms with E-state index >= 15 is 0 Å². The van der Waals surface area contributed by atoms with Gasteiger partial charge in [-0.05, 0) is 50.3 Å². The molecule has 18 heavy (non-hydrogen) atoms. The molecule has 96 valence electrons. The van der Waals surface area contributed by atoms with Crippen molar-refractivity contribution in [2.75, 3.05) is 0 Å². The number of aromatic nitrogens is 2. The molecule has 0 saturated carbocycles. The maximum atomic E-state index is 3.96. The fourth-order valence-electron chi connectivity index (χ4n) is 2.47. The molecule has 1 unspecified atom stereocenters. The van der Waals surface area contributed by atoms with Gasteiger partial charge in [0.15, 0.2) is 0 Å². The third-order valence-corrected chi connectivity index (χ3v) is 5.02. The van der Waals surface area contributed by atoms with Gasteiger partial charge in [0.2, 0.25) is 0 Å². The number of H-pyrrole nitrogens is 1. The molecule has 1 aliphatic carbocycles. The number of fused-ring (bicyclic) bond motifs is 1. The Morgan fingerprint density at radius 2 is 2.33 bits per heavy atom. The predicted octanol–water partition coefficient (Wildman–Crippen LogP) is 3.20. The lowest BCUT2D eigenvalue weighted by Crippen LogP contribution is -2.17. The molecular weight excluding hydrogens is 242 g/mol. The molecule has 0 saturated heterocycles. The zero-order valence-corrected chi connectivity index (χ0v) is 11.5. The largest absolute Gasteiger partial charge is 0.304 e. The van der Waals surface area contributed by atoms with Gasteiger partial charge >= 0.3 is 0 Å². The number of nitrogens with one attached hydrogen (secondary N) is 2. The predicted molar refractivity (Wildman–Crippen MR) is 74.8 cm³/mol. The maximum Gasteiger partial charge on any atom is 0.0490 e. The minimum absolute atomic E-state index is 0.420. The number of aromatic amines is 1. The second kappa shape index (κ2) is 5.24. The summed E-state index contributed by atoms with van der Waals surface area (Å²) in [7, 11) is 0. The van der Waals surface area contributed by atoms with Crippen molar-refractivity contribution < 1.29 is 0 Å². The van der Waals surface area contributed by atoms with E-state index in [1.165, 1.54) is 30.6 Å². The highest BCUT2D eigenvalue weighted by molar-refractivity contribution is 7.12. The average Bonchev–Trinajstić information content (AvgIpc) is 3.04. The lowest BCUT2D eigenvalue weighted by atomic mass is 9.99. The highest BCUT2D eigenvalue weighted by Crippen LogP contribution is 2.32. The third kappa shape index (κ3) is 2.49. The highest BCUT2D eigenvalue weighted by atomic mass is 32.1. The Bertz CT molecular complexity index is 478. The molecule has 0 amide bonds. The van der Waals surface area contributed by atoms with Gasteiger partial charge in [-0.1, -0.05) is 0 Å². The van der Waals surface area contributed by atoms with E-state index in [0.717, 1.165) is 12.2 Å². The molecule has 2 heterocycles. The van der Waals surface area contributed by atoms with Crippen molar-refractivity contribution in [3.63, 3.8) is 0 Å². The van der Waals surface area contributed by atoms with Gasteiger partial charge in [-0.25, -0.2) is 0 Å². The van der Waals surface area contributed by atoms with Crippen LogP contribution in [0.25, 0.3) is 0 Å². The average molecular weight is 261 g/mol. The molecular formula is C14H19N3S. The Morgan fingerprint density at radius 1 is 1.44 bits per heavy atom. The van der Waals surface area contributed by atoms with E-state index in [1.54, 1.807) is 16.6 Å². The molecule has 4 heteroatoms. The van der Waals surface area contributed by atoms with Crippen molar-refractivity contribution in [3.8, 4) is 0 Å². The van der Waals surface area contributed by atoms with Gasteiger partial charge in [-0.3, -0.25) is 5.10 Å². The highest BCUT2D eigenvalue weighted by Gasteiger charge is 2.16. The summed E-state index contributed by atoms with van der Waals surface area (Å²) in [6.45, 7) is 3.09. The van der Waals surface area contributed by atoms with Gasteiger partial charge in [0, 0.05) is 34.2 Å². The van der Waals surface area contributed by atoms with Crippen molar-refractivity contribution in [2.24, 2.45) is 0 Å². The van der Waals surface area contributed by atoms with Crippen LogP contribution in [0.5, 0.6) is 0 Å². The Hall–Kier alpha value is -1.13. The van der Waals surface area contributed by atoms with Crippen LogP contribution in [-0.2, 0) is 19.4 Å². The lowest BCUT2D eigenvalue weighted by molar-refractivity contribution is 0.574. The van der Waals surface area contributed by atoms with E-state index in [4.69, 9.17) is 0 Å². The smallest absolute Gasteiger partial charge is 0.0490 e. The van der Waals surface area contributed by atoms with E-state index in [-0.39, 0.29) is 0 Å². The third-order valence-electron chi connectivity index (χ3n) is 3.60. The van der Waals surface area contributed by atoms with E-state index in [9.17, 15) is 0 Å². The van der Waals surface area contributed by atoms with Crippen molar-refractivity contribution in [1.82, 2.24) is 15.5 Å². The van der Waals surface area contributed by atoms with Crippen molar-refractivity contribution >= 4 is 11.3 Å². The first-order valence-electron chi connectivity index (χ1n) is 6.66. The zero-order chi connectivity index (χ0) is 12.4. The van der Waals surface area contributed by atoms with E-state index in [0.29, 0.717) is 6.04 Å². The summed E-state index contributed by atoms with van der Waals surface area (Å²) < 4.78 is 0. The van der Waals surface area contributed by atoms with Crippen LogP contribution in [0.2, 0.25) is 0 Å². The lowest BCUT2D eigenvalue weighted by Gasteiger charge is -2.10.